The second kappa shape index (κ2) is 6.80. The number of benzene rings is 1. The molecule has 1 aromatic rings. The first kappa shape index (κ1) is 15.8. The van der Waals surface area contributed by atoms with Crippen molar-refractivity contribution in [3.8, 4) is 0 Å². The Morgan fingerprint density at radius 1 is 1.40 bits per heavy atom. The van der Waals surface area contributed by atoms with E-state index in [9.17, 15) is 23.3 Å². The van der Waals surface area contributed by atoms with Crippen molar-refractivity contribution in [2.45, 2.75) is 0 Å². The standard InChI is InChI=1S/C12H14N2O5S/c1-20(18,19)9-8-13-12(15)7-6-10-4-2-3-5-11(10)14(16)17/h2-7H,8-9H2,1H3,(H,13,15)/b7-6+. The summed E-state index contributed by atoms with van der Waals surface area (Å²) in [4.78, 5) is 21.6. The van der Waals surface area contributed by atoms with Gasteiger partial charge in [0, 0.05) is 24.9 Å². The molecule has 0 aliphatic heterocycles. The molecular formula is C12H14N2O5S. The average molecular weight is 298 g/mol. The van der Waals surface area contributed by atoms with Crippen LogP contribution < -0.4 is 5.32 Å². The molecule has 20 heavy (non-hydrogen) atoms. The van der Waals surface area contributed by atoms with Gasteiger partial charge in [-0.15, -0.1) is 0 Å². The minimum absolute atomic E-state index is 0.00110. The zero-order chi connectivity index (χ0) is 15.2. The van der Waals surface area contributed by atoms with Crippen molar-refractivity contribution in [3.05, 3.63) is 46.0 Å². The number of nitrogens with one attached hydrogen (secondary N) is 1. The van der Waals surface area contributed by atoms with Crippen molar-refractivity contribution in [2.75, 3.05) is 18.6 Å². The molecule has 0 aliphatic rings. The molecule has 1 aromatic carbocycles. The van der Waals surface area contributed by atoms with E-state index < -0.39 is 20.7 Å². The first-order chi connectivity index (χ1) is 9.29. The van der Waals surface area contributed by atoms with Crippen LogP contribution in [-0.4, -0.2) is 37.8 Å². The van der Waals surface area contributed by atoms with E-state index in [-0.39, 0.29) is 18.0 Å². The molecule has 0 saturated carbocycles. The normalized spacial score (nSPS) is 11.4. The Morgan fingerprint density at radius 2 is 2.05 bits per heavy atom. The van der Waals surface area contributed by atoms with Crippen LogP contribution in [0.3, 0.4) is 0 Å². The Bertz CT molecular complexity index is 637. The minimum Gasteiger partial charge on any atom is -0.352 e. The molecule has 1 amide bonds. The maximum Gasteiger partial charge on any atom is 0.276 e. The predicted octanol–water partition coefficient (Wildman–Crippen LogP) is 0.769. The maximum absolute atomic E-state index is 11.4. The molecule has 0 saturated heterocycles. The van der Waals surface area contributed by atoms with Gasteiger partial charge >= 0.3 is 0 Å². The lowest BCUT2D eigenvalue weighted by Crippen LogP contribution is -2.27. The number of nitrogens with zero attached hydrogens (tertiary/aromatic N) is 1. The molecule has 8 heteroatoms. The van der Waals surface area contributed by atoms with Gasteiger partial charge in [0.15, 0.2) is 0 Å². The van der Waals surface area contributed by atoms with Crippen LogP contribution in [0.1, 0.15) is 5.56 Å². The molecule has 1 rings (SSSR count). The Hall–Kier alpha value is -2.22. The molecule has 0 heterocycles. The highest BCUT2D eigenvalue weighted by Gasteiger charge is 2.09. The number of amides is 1. The van der Waals surface area contributed by atoms with Crippen molar-refractivity contribution in [2.24, 2.45) is 0 Å². The number of hydrogen-bond donors (Lipinski definition) is 1. The van der Waals surface area contributed by atoms with Crippen LogP contribution in [-0.2, 0) is 14.6 Å². The van der Waals surface area contributed by atoms with E-state index in [1.165, 1.54) is 24.3 Å². The largest absolute Gasteiger partial charge is 0.352 e. The van der Waals surface area contributed by atoms with Gasteiger partial charge < -0.3 is 5.32 Å². The van der Waals surface area contributed by atoms with Crippen molar-refractivity contribution in [3.63, 3.8) is 0 Å². The van der Waals surface area contributed by atoms with E-state index in [2.05, 4.69) is 5.32 Å². The van der Waals surface area contributed by atoms with Gasteiger partial charge in [0.1, 0.15) is 9.84 Å². The summed E-state index contributed by atoms with van der Waals surface area (Å²) in [5.41, 5.74) is 0.198. The summed E-state index contributed by atoms with van der Waals surface area (Å²) in [6.07, 6.45) is 3.51. The van der Waals surface area contributed by atoms with E-state index in [4.69, 9.17) is 0 Å². The molecular weight excluding hydrogens is 284 g/mol. The van der Waals surface area contributed by atoms with Gasteiger partial charge in [-0.2, -0.15) is 0 Å². The molecule has 0 radical (unpaired) electrons. The zero-order valence-corrected chi connectivity index (χ0v) is 11.6. The zero-order valence-electron chi connectivity index (χ0n) is 10.8. The fourth-order valence-electron chi connectivity index (χ4n) is 1.38. The number of hydrogen-bond acceptors (Lipinski definition) is 5. The van der Waals surface area contributed by atoms with Crippen LogP contribution in [0.25, 0.3) is 6.08 Å². The first-order valence-corrected chi connectivity index (χ1v) is 7.73. The molecule has 1 N–H and O–H groups in total. The Morgan fingerprint density at radius 3 is 2.65 bits per heavy atom. The Labute approximate surface area is 116 Å². The van der Waals surface area contributed by atoms with Gasteiger partial charge in [0.05, 0.1) is 16.2 Å². The predicted molar refractivity (Wildman–Crippen MR) is 74.9 cm³/mol. The summed E-state index contributed by atoms with van der Waals surface area (Å²) < 4.78 is 21.7. The highest BCUT2D eigenvalue weighted by Crippen LogP contribution is 2.18. The highest BCUT2D eigenvalue weighted by molar-refractivity contribution is 7.90. The summed E-state index contributed by atoms with van der Waals surface area (Å²) in [5, 5.41) is 13.1. The second-order valence-corrected chi connectivity index (χ2v) is 6.33. The Balaban J connectivity index is 2.64. The van der Waals surface area contributed by atoms with Gasteiger partial charge in [0.25, 0.3) is 5.69 Å². The molecule has 0 atom stereocenters. The summed E-state index contributed by atoms with van der Waals surface area (Å²) in [6, 6.07) is 6.00. The summed E-state index contributed by atoms with van der Waals surface area (Å²) in [7, 11) is -3.13. The number of sulfone groups is 1. The second-order valence-electron chi connectivity index (χ2n) is 4.07. The van der Waals surface area contributed by atoms with Gasteiger partial charge in [-0.25, -0.2) is 8.42 Å². The lowest BCUT2D eigenvalue weighted by Gasteiger charge is -2.00. The average Bonchev–Trinajstić information content (AvgIpc) is 2.35. The van der Waals surface area contributed by atoms with Crippen molar-refractivity contribution < 1.29 is 18.1 Å². The SMILES string of the molecule is CS(=O)(=O)CCNC(=O)/C=C/c1ccccc1[N+](=O)[O-]. The molecule has 0 bridgehead atoms. The quantitative estimate of drug-likeness (QED) is 0.474. The van der Waals surface area contributed by atoms with Crippen LogP contribution in [0.5, 0.6) is 0 Å². The number of carbonyl (C=O) groups excluding carboxylic acids is 1. The summed E-state index contributed by atoms with van der Waals surface area (Å²) >= 11 is 0. The highest BCUT2D eigenvalue weighted by atomic mass is 32.2. The third-order valence-corrected chi connectivity index (χ3v) is 3.27. The van der Waals surface area contributed by atoms with Crippen molar-refractivity contribution in [1.82, 2.24) is 5.32 Å². The first-order valence-electron chi connectivity index (χ1n) is 5.66. The van der Waals surface area contributed by atoms with Crippen LogP contribution in [0.15, 0.2) is 30.3 Å². The number of carbonyl (C=O) groups is 1. The van der Waals surface area contributed by atoms with Gasteiger partial charge in [0.2, 0.25) is 5.91 Å². The molecule has 0 aliphatic carbocycles. The van der Waals surface area contributed by atoms with Crippen LogP contribution >= 0.6 is 0 Å². The van der Waals surface area contributed by atoms with Gasteiger partial charge in [-0.1, -0.05) is 12.1 Å². The topological polar surface area (TPSA) is 106 Å². The third-order valence-electron chi connectivity index (χ3n) is 2.32. The summed E-state index contributed by atoms with van der Waals surface area (Å²) in [6.45, 7) is -0.00110. The van der Waals surface area contributed by atoms with E-state index in [1.54, 1.807) is 6.07 Å². The molecule has 0 aromatic heterocycles. The smallest absolute Gasteiger partial charge is 0.276 e. The number of para-hydroxylation sites is 1. The number of nitro groups is 1. The van der Waals surface area contributed by atoms with Crippen LogP contribution in [0.4, 0.5) is 5.69 Å². The molecule has 0 unspecified atom stereocenters. The van der Waals surface area contributed by atoms with E-state index in [0.29, 0.717) is 5.56 Å². The minimum atomic E-state index is -3.13. The van der Waals surface area contributed by atoms with Crippen LogP contribution in [0, 0.1) is 10.1 Å². The third kappa shape index (κ3) is 5.61. The monoisotopic (exact) mass is 298 g/mol. The molecule has 7 nitrogen and oxygen atoms in total. The van der Waals surface area contributed by atoms with E-state index >= 15 is 0 Å². The number of nitro benzene ring substituents is 1. The van der Waals surface area contributed by atoms with Crippen LogP contribution in [0.2, 0.25) is 0 Å². The van der Waals surface area contributed by atoms with Gasteiger partial charge in [-0.3, -0.25) is 14.9 Å². The van der Waals surface area contributed by atoms with E-state index in [1.807, 2.05) is 0 Å². The Kier molecular flexibility index (Phi) is 5.39. The van der Waals surface area contributed by atoms with E-state index in [0.717, 1.165) is 12.3 Å². The fourth-order valence-corrected chi connectivity index (χ4v) is 1.85. The maximum atomic E-state index is 11.4. The molecule has 0 fully saturated rings. The van der Waals surface area contributed by atoms with Gasteiger partial charge in [-0.05, 0) is 12.1 Å². The van der Waals surface area contributed by atoms with Crippen molar-refractivity contribution in [1.29, 1.82) is 0 Å². The lowest BCUT2D eigenvalue weighted by atomic mass is 10.1. The lowest BCUT2D eigenvalue weighted by molar-refractivity contribution is -0.385. The molecule has 0 spiro atoms. The van der Waals surface area contributed by atoms with Crippen molar-refractivity contribution >= 4 is 27.5 Å². The fraction of sp³-hybridized carbons (Fsp3) is 0.250. The molecule has 108 valence electrons. The summed E-state index contributed by atoms with van der Waals surface area (Å²) in [5.74, 6) is -0.662. The number of rotatable bonds is 6.